The van der Waals surface area contributed by atoms with Crippen molar-refractivity contribution in [1.29, 1.82) is 0 Å². The van der Waals surface area contributed by atoms with Gasteiger partial charge in [0.15, 0.2) is 0 Å². The molecule has 0 amide bonds. The maximum absolute atomic E-state index is 8.94. The molecule has 1 aliphatic heterocycles. The van der Waals surface area contributed by atoms with Crippen molar-refractivity contribution in [1.82, 2.24) is 5.32 Å². The van der Waals surface area contributed by atoms with Crippen LogP contribution in [0.2, 0.25) is 0 Å². The number of hydrogen-bond acceptors (Lipinski definition) is 2. The summed E-state index contributed by atoms with van der Waals surface area (Å²) in [5.41, 5.74) is 1.26. The predicted molar refractivity (Wildman–Crippen MR) is 47.8 cm³/mol. The number of benzene rings is 1. The summed E-state index contributed by atoms with van der Waals surface area (Å²) in [4.78, 5) is 0. The summed E-state index contributed by atoms with van der Waals surface area (Å²) in [5, 5.41) is 12.2. The van der Waals surface area contributed by atoms with Gasteiger partial charge in [-0.15, -0.1) is 0 Å². The summed E-state index contributed by atoms with van der Waals surface area (Å²) >= 11 is 0. The predicted octanol–water partition coefficient (Wildman–Crippen LogP) is 0.866. The Kier molecular flexibility index (Phi) is 1.67. The molecule has 0 spiro atoms. The normalized spacial score (nSPS) is 33.3. The molecular weight excluding hydrogens is 150 g/mol. The maximum atomic E-state index is 8.94. The Balaban J connectivity index is 2.23. The van der Waals surface area contributed by atoms with E-state index >= 15 is 0 Å². The van der Waals surface area contributed by atoms with Gasteiger partial charge in [-0.05, 0) is 12.5 Å². The van der Waals surface area contributed by atoms with Gasteiger partial charge in [0.2, 0.25) is 0 Å². The molecular formula is C10H13NO. The van der Waals surface area contributed by atoms with Crippen molar-refractivity contribution < 1.29 is 5.11 Å². The molecule has 2 heteroatoms. The first-order chi connectivity index (χ1) is 5.77. The van der Waals surface area contributed by atoms with Crippen molar-refractivity contribution in [2.24, 2.45) is 0 Å². The Morgan fingerprint density at radius 3 is 2.58 bits per heavy atom. The fraction of sp³-hybridized carbons (Fsp3) is 0.400. The molecule has 1 saturated heterocycles. The molecule has 2 nitrogen and oxygen atoms in total. The monoisotopic (exact) mass is 163 g/mol. The lowest BCUT2D eigenvalue weighted by atomic mass is 9.98. The highest BCUT2D eigenvalue weighted by Gasteiger charge is 2.49. The Hall–Kier alpha value is -0.860. The Morgan fingerprint density at radius 1 is 1.42 bits per heavy atom. The molecule has 1 heterocycles. The largest absolute Gasteiger partial charge is 0.395 e. The van der Waals surface area contributed by atoms with Crippen LogP contribution in [0, 0.1) is 0 Å². The summed E-state index contributed by atoms with van der Waals surface area (Å²) in [5.74, 6) is 0. The first-order valence-corrected chi connectivity index (χ1v) is 4.21. The topological polar surface area (TPSA) is 42.2 Å². The summed E-state index contributed by atoms with van der Waals surface area (Å²) in [6, 6.07) is 10.5. The smallest absolute Gasteiger partial charge is 0.0606 e. The van der Waals surface area contributed by atoms with E-state index in [0.717, 1.165) is 0 Å². The molecule has 2 rings (SSSR count). The number of hydrogen-bond donors (Lipinski definition) is 2. The standard InChI is InChI=1S/C10H13NO/c1-10(9(7-12)11-10)8-5-3-2-4-6-8/h2-6,9,11-12H,7H2,1H3. The number of rotatable bonds is 2. The second-order valence-corrected chi connectivity index (χ2v) is 3.45. The van der Waals surface area contributed by atoms with Crippen molar-refractivity contribution >= 4 is 0 Å². The quantitative estimate of drug-likeness (QED) is 0.635. The third kappa shape index (κ3) is 1.04. The van der Waals surface area contributed by atoms with Crippen LogP contribution >= 0.6 is 0 Å². The minimum Gasteiger partial charge on any atom is -0.395 e. The van der Waals surface area contributed by atoms with Gasteiger partial charge in [0.25, 0.3) is 0 Å². The molecule has 2 atom stereocenters. The zero-order chi connectivity index (χ0) is 8.60. The molecule has 1 aliphatic rings. The van der Waals surface area contributed by atoms with Gasteiger partial charge >= 0.3 is 0 Å². The van der Waals surface area contributed by atoms with Gasteiger partial charge in [0.1, 0.15) is 0 Å². The van der Waals surface area contributed by atoms with E-state index in [4.69, 9.17) is 5.11 Å². The van der Waals surface area contributed by atoms with Crippen LogP contribution < -0.4 is 5.32 Å². The molecule has 64 valence electrons. The van der Waals surface area contributed by atoms with Crippen LogP contribution in [0.5, 0.6) is 0 Å². The number of nitrogens with one attached hydrogen (secondary N) is 1. The summed E-state index contributed by atoms with van der Waals surface area (Å²) < 4.78 is 0. The third-order valence-electron chi connectivity index (χ3n) is 2.64. The van der Waals surface area contributed by atoms with Gasteiger partial charge < -0.3 is 5.11 Å². The van der Waals surface area contributed by atoms with Gasteiger partial charge in [0.05, 0.1) is 18.2 Å². The Morgan fingerprint density at radius 2 is 2.08 bits per heavy atom. The van der Waals surface area contributed by atoms with Crippen LogP contribution in [0.3, 0.4) is 0 Å². The van der Waals surface area contributed by atoms with Gasteiger partial charge in [0, 0.05) is 0 Å². The molecule has 1 aromatic carbocycles. The lowest BCUT2D eigenvalue weighted by molar-refractivity contribution is 0.289. The van der Waals surface area contributed by atoms with E-state index in [0.29, 0.717) is 0 Å². The van der Waals surface area contributed by atoms with Gasteiger partial charge in [-0.3, -0.25) is 5.32 Å². The van der Waals surface area contributed by atoms with Crippen LogP contribution in [0.4, 0.5) is 0 Å². The highest BCUT2D eigenvalue weighted by Crippen LogP contribution is 2.36. The molecule has 0 aromatic heterocycles. The van der Waals surface area contributed by atoms with Crippen molar-refractivity contribution in [2.45, 2.75) is 18.5 Å². The minimum atomic E-state index is 0.00993. The molecule has 0 saturated carbocycles. The zero-order valence-electron chi connectivity index (χ0n) is 7.12. The van der Waals surface area contributed by atoms with E-state index in [1.165, 1.54) is 5.56 Å². The van der Waals surface area contributed by atoms with E-state index in [1.807, 2.05) is 18.2 Å². The van der Waals surface area contributed by atoms with Crippen LogP contribution in [0.1, 0.15) is 12.5 Å². The second-order valence-electron chi connectivity index (χ2n) is 3.45. The van der Waals surface area contributed by atoms with Crippen molar-refractivity contribution in [3.63, 3.8) is 0 Å². The average molecular weight is 163 g/mol. The maximum Gasteiger partial charge on any atom is 0.0606 e. The lowest BCUT2D eigenvalue weighted by Gasteiger charge is -2.07. The molecule has 2 unspecified atom stereocenters. The highest BCUT2D eigenvalue weighted by molar-refractivity contribution is 5.32. The zero-order valence-corrected chi connectivity index (χ0v) is 7.12. The van der Waals surface area contributed by atoms with E-state index in [-0.39, 0.29) is 18.2 Å². The molecule has 0 radical (unpaired) electrons. The Bertz CT molecular complexity index is 272. The summed E-state index contributed by atoms with van der Waals surface area (Å²) in [7, 11) is 0. The van der Waals surface area contributed by atoms with Crippen LogP contribution in [0.15, 0.2) is 30.3 Å². The number of aliphatic hydroxyl groups is 1. The summed E-state index contributed by atoms with van der Waals surface area (Å²) in [6.07, 6.45) is 0. The summed E-state index contributed by atoms with van der Waals surface area (Å²) in [6.45, 7) is 2.33. The molecule has 2 N–H and O–H groups in total. The molecule has 0 bridgehead atoms. The minimum absolute atomic E-state index is 0.00993. The van der Waals surface area contributed by atoms with Crippen LogP contribution in [-0.2, 0) is 5.54 Å². The van der Waals surface area contributed by atoms with Gasteiger partial charge in [-0.1, -0.05) is 30.3 Å². The van der Waals surface area contributed by atoms with Crippen LogP contribution in [0.25, 0.3) is 0 Å². The van der Waals surface area contributed by atoms with Gasteiger partial charge in [-0.2, -0.15) is 0 Å². The fourth-order valence-electron chi connectivity index (χ4n) is 1.62. The Labute approximate surface area is 72.2 Å². The average Bonchev–Trinajstić information content (AvgIpc) is 2.81. The van der Waals surface area contributed by atoms with Crippen molar-refractivity contribution in [2.75, 3.05) is 6.61 Å². The van der Waals surface area contributed by atoms with E-state index in [2.05, 4.69) is 24.4 Å². The highest BCUT2D eigenvalue weighted by atomic mass is 16.3. The second kappa shape index (κ2) is 2.57. The van der Waals surface area contributed by atoms with Crippen molar-refractivity contribution in [3.05, 3.63) is 35.9 Å². The third-order valence-corrected chi connectivity index (χ3v) is 2.64. The molecule has 12 heavy (non-hydrogen) atoms. The van der Waals surface area contributed by atoms with E-state index in [1.54, 1.807) is 0 Å². The van der Waals surface area contributed by atoms with Crippen molar-refractivity contribution in [3.8, 4) is 0 Å². The molecule has 1 aromatic rings. The lowest BCUT2D eigenvalue weighted by Crippen LogP contribution is -2.10. The van der Waals surface area contributed by atoms with Gasteiger partial charge in [-0.25, -0.2) is 0 Å². The SMILES string of the molecule is CC1(c2ccccc2)NC1CO. The first-order valence-electron chi connectivity index (χ1n) is 4.21. The van der Waals surface area contributed by atoms with E-state index < -0.39 is 0 Å². The number of aliphatic hydroxyl groups excluding tert-OH is 1. The fourth-order valence-corrected chi connectivity index (χ4v) is 1.62. The molecule has 0 aliphatic carbocycles. The molecule has 1 fully saturated rings. The van der Waals surface area contributed by atoms with E-state index in [9.17, 15) is 0 Å². The van der Waals surface area contributed by atoms with Crippen LogP contribution in [-0.4, -0.2) is 17.8 Å². The first kappa shape index (κ1) is 7.77.